The van der Waals surface area contributed by atoms with Gasteiger partial charge in [-0.3, -0.25) is 9.59 Å². The fourth-order valence-electron chi connectivity index (χ4n) is 4.76. The number of carbonyl (C=O) groups is 2. The van der Waals surface area contributed by atoms with E-state index in [1.165, 1.54) is 4.31 Å². The molecule has 150 valence electrons. The molecule has 6 heteroatoms. The SMILES string of the molecule is CC#Cc1cc(C)c(C2C(=O)CC3(CCN(S(=O)(=O)CC)C3)CC2=O)c(C)c1. The van der Waals surface area contributed by atoms with Crippen molar-refractivity contribution in [3.8, 4) is 11.8 Å². The number of aryl methyl sites for hydroxylation is 2. The molecule has 1 aliphatic heterocycles. The smallest absolute Gasteiger partial charge is 0.213 e. The molecular formula is C22H27NO4S. The maximum atomic E-state index is 13.1. The van der Waals surface area contributed by atoms with Crippen LogP contribution in [0.15, 0.2) is 12.1 Å². The van der Waals surface area contributed by atoms with Crippen molar-refractivity contribution in [1.29, 1.82) is 0 Å². The molecule has 5 nitrogen and oxygen atoms in total. The van der Waals surface area contributed by atoms with Gasteiger partial charge in [-0.05, 0) is 68.4 Å². The number of sulfonamides is 1. The fourth-order valence-corrected chi connectivity index (χ4v) is 5.96. The van der Waals surface area contributed by atoms with Crippen molar-refractivity contribution in [2.24, 2.45) is 5.41 Å². The summed E-state index contributed by atoms with van der Waals surface area (Å²) in [5.74, 6) is 5.01. The summed E-state index contributed by atoms with van der Waals surface area (Å²) in [5, 5.41) is 0. The molecule has 1 aromatic carbocycles. The summed E-state index contributed by atoms with van der Waals surface area (Å²) in [4.78, 5) is 26.2. The van der Waals surface area contributed by atoms with Crippen LogP contribution in [0.2, 0.25) is 0 Å². The van der Waals surface area contributed by atoms with E-state index in [1.54, 1.807) is 13.8 Å². The van der Waals surface area contributed by atoms with E-state index < -0.39 is 21.4 Å². The minimum Gasteiger partial charge on any atom is -0.298 e. The van der Waals surface area contributed by atoms with Crippen LogP contribution in [0.1, 0.15) is 61.3 Å². The average molecular weight is 402 g/mol. The predicted octanol–water partition coefficient (Wildman–Crippen LogP) is 2.73. The average Bonchev–Trinajstić information content (AvgIpc) is 3.01. The summed E-state index contributed by atoms with van der Waals surface area (Å²) in [5.41, 5.74) is 2.94. The standard InChI is InChI=1S/C22H27NO4S/c1-5-7-17-10-15(3)20(16(4)11-17)21-18(24)12-22(13-19(21)25)8-9-23(14-22)28(26,27)6-2/h10-11,21H,6,8-9,12-14H2,1-4H3. The van der Waals surface area contributed by atoms with Crippen LogP contribution in [0, 0.1) is 31.1 Å². The van der Waals surface area contributed by atoms with Crippen LogP contribution in [0.3, 0.4) is 0 Å². The fraction of sp³-hybridized carbons (Fsp3) is 0.545. The number of ketones is 2. The van der Waals surface area contributed by atoms with Crippen LogP contribution < -0.4 is 0 Å². The molecule has 2 fully saturated rings. The lowest BCUT2D eigenvalue weighted by atomic mass is 9.66. The van der Waals surface area contributed by atoms with Gasteiger partial charge in [-0.25, -0.2) is 12.7 Å². The van der Waals surface area contributed by atoms with Gasteiger partial charge in [0, 0.05) is 31.5 Å². The molecular weight excluding hydrogens is 374 g/mol. The maximum Gasteiger partial charge on any atom is 0.213 e. The highest BCUT2D eigenvalue weighted by Gasteiger charge is 2.50. The van der Waals surface area contributed by atoms with Gasteiger partial charge in [-0.15, -0.1) is 5.92 Å². The Hall–Kier alpha value is -1.97. The van der Waals surface area contributed by atoms with Gasteiger partial charge in [0.05, 0.1) is 5.75 Å². The Morgan fingerprint density at radius 2 is 1.71 bits per heavy atom. The van der Waals surface area contributed by atoms with Crippen LogP contribution in [-0.2, 0) is 19.6 Å². The monoisotopic (exact) mass is 401 g/mol. The van der Waals surface area contributed by atoms with Crippen LogP contribution in [-0.4, -0.2) is 43.1 Å². The van der Waals surface area contributed by atoms with E-state index in [-0.39, 0.29) is 36.7 Å². The molecule has 1 aliphatic carbocycles. The molecule has 0 atom stereocenters. The third-order valence-electron chi connectivity index (χ3n) is 6.06. The number of Topliss-reactive ketones (excluding diaryl/α,β-unsaturated/α-hetero) is 2. The summed E-state index contributed by atoms with van der Waals surface area (Å²) < 4.78 is 25.8. The minimum atomic E-state index is -3.30. The van der Waals surface area contributed by atoms with Crippen LogP contribution in [0.5, 0.6) is 0 Å². The Morgan fingerprint density at radius 3 is 2.21 bits per heavy atom. The first-order valence-corrected chi connectivity index (χ1v) is 11.3. The first-order valence-electron chi connectivity index (χ1n) is 9.69. The van der Waals surface area contributed by atoms with Gasteiger partial charge < -0.3 is 0 Å². The summed E-state index contributed by atoms with van der Waals surface area (Å²) in [6, 6.07) is 3.85. The molecule has 1 saturated carbocycles. The zero-order valence-electron chi connectivity index (χ0n) is 17.0. The second-order valence-corrected chi connectivity index (χ2v) is 10.4. The zero-order valence-corrected chi connectivity index (χ0v) is 17.8. The molecule has 1 spiro atoms. The molecule has 0 unspecified atom stereocenters. The molecule has 1 heterocycles. The summed E-state index contributed by atoms with van der Waals surface area (Å²) in [6.45, 7) is 7.89. The normalized spacial score (nSPS) is 25.8. The molecule has 1 aromatic rings. The topological polar surface area (TPSA) is 71.5 Å². The molecule has 0 radical (unpaired) electrons. The molecule has 0 amide bonds. The third-order valence-corrected chi connectivity index (χ3v) is 7.88. The van der Waals surface area contributed by atoms with Gasteiger partial charge >= 0.3 is 0 Å². The van der Waals surface area contributed by atoms with Crippen molar-refractivity contribution in [1.82, 2.24) is 4.31 Å². The minimum absolute atomic E-state index is 0.0407. The first kappa shape index (κ1) is 20.8. The van der Waals surface area contributed by atoms with Crippen molar-refractivity contribution < 1.29 is 18.0 Å². The molecule has 0 aromatic heterocycles. The van der Waals surface area contributed by atoms with Crippen molar-refractivity contribution in [2.45, 2.75) is 52.9 Å². The van der Waals surface area contributed by atoms with E-state index in [4.69, 9.17) is 0 Å². The summed E-state index contributed by atoms with van der Waals surface area (Å²) in [7, 11) is -3.30. The lowest BCUT2D eigenvalue weighted by molar-refractivity contribution is -0.136. The Balaban J connectivity index is 1.89. The predicted molar refractivity (Wildman–Crippen MR) is 109 cm³/mol. The zero-order chi connectivity index (χ0) is 20.7. The van der Waals surface area contributed by atoms with Gasteiger partial charge in [0.25, 0.3) is 0 Å². The van der Waals surface area contributed by atoms with Crippen molar-refractivity contribution in [3.63, 3.8) is 0 Å². The molecule has 2 aliphatic rings. The van der Waals surface area contributed by atoms with E-state index >= 15 is 0 Å². The Kier molecular flexibility index (Phi) is 5.53. The van der Waals surface area contributed by atoms with E-state index in [1.807, 2.05) is 26.0 Å². The summed E-state index contributed by atoms with van der Waals surface area (Å²) >= 11 is 0. The maximum absolute atomic E-state index is 13.1. The highest BCUT2D eigenvalue weighted by Crippen LogP contribution is 2.46. The lowest BCUT2D eigenvalue weighted by Crippen LogP contribution is -2.42. The number of hydrogen-bond acceptors (Lipinski definition) is 4. The van der Waals surface area contributed by atoms with Gasteiger partial charge in [0.15, 0.2) is 0 Å². The highest BCUT2D eigenvalue weighted by atomic mass is 32.2. The molecule has 0 bridgehead atoms. The second-order valence-electron chi connectivity index (χ2n) is 8.10. The molecule has 0 N–H and O–H groups in total. The van der Waals surface area contributed by atoms with Gasteiger partial charge in [0.1, 0.15) is 17.5 Å². The number of rotatable bonds is 3. The second kappa shape index (κ2) is 7.46. The number of hydrogen-bond donors (Lipinski definition) is 0. The highest BCUT2D eigenvalue weighted by molar-refractivity contribution is 7.89. The van der Waals surface area contributed by atoms with E-state index in [0.717, 1.165) is 22.3 Å². The first-order chi connectivity index (χ1) is 13.1. The summed E-state index contributed by atoms with van der Waals surface area (Å²) in [6.07, 6.45) is 1.09. The van der Waals surface area contributed by atoms with Gasteiger partial charge in [-0.1, -0.05) is 5.92 Å². The number of nitrogens with zero attached hydrogens (tertiary/aromatic N) is 1. The molecule has 1 saturated heterocycles. The van der Waals surface area contributed by atoms with Crippen LogP contribution in [0.25, 0.3) is 0 Å². The Labute approximate surface area is 167 Å². The van der Waals surface area contributed by atoms with Crippen molar-refractivity contribution in [2.75, 3.05) is 18.8 Å². The van der Waals surface area contributed by atoms with Crippen molar-refractivity contribution >= 4 is 21.6 Å². The third kappa shape index (κ3) is 3.66. The Bertz CT molecular complexity index is 956. The van der Waals surface area contributed by atoms with Gasteiger partial charge in [0.2, 0.25) is 10.0 Å². The van der Waals surface area contributed by atoms with E-state index in [0.29, 0.717) is 13.0 Å². The van der Waals surface area contributed by atoms with E-state index in [2.05, 4.69) is 11.8 Å². The lowest BCUT2D eigenvalue weighted by Gasteiger charge is -2.36. The van der Waals surface area contributed by atoms with Gasteiger partial charge in [-0.2, -0.15) is 0 Å². The number of benzene rings is 1. The largest absolute Gasteiger partial charge is 0.298 e. The van der Waals surface area contributed by atoms with Crippen molar-refractivity contribution in [3.05, 3.63) is 34.4 Å². The molecule has 28 heavy (non-hydrogen) atoms. The van der Waals surface area contributed by atoms with E-state index in [9.17, 15) is 18.0 Å². The molecule has 3 rings (SSSR count). The number of carbonyl (C=O) groups excluding carboxylic acids is 2. The Morgan fingerprint density at radius 1 is 1.14 bits per heavy atom. The van der Waals surface area contributed by atoms with Crippen LogP contribution in [0.4, 0.5) is 0 Å². The van der Waals surface area contributed by atoms with Crippen LogP contribution >= 0.6 is 0 Å². The quantitative estimate of drug-likeness (QED) is 0.577.